The number of carbonyl (C=O) groups is 2. The molecule has 0 aliphatic rings. The molecule has 122 valence electrons. The van der Waals surface area contributed by atoms with E-state index in [1.54, 1.807) is 30.3 Å². The lowest BCUT2D eigenvalue weighted by molar-refractivity contribution is -0.127. The molecular weight excluding hydrogens is 300 g/mol. The van der Waals surface area contributed by atoms with E-state index in [1.165, 1.54) is 20.5 Å². The van der Waals surface area contributed by atoms with Crippen LogP contribution in [0.1, 0.15) is 12.2 Å². The quantitative estimate of drug-likeness (QED) is 0.762. The normalized spacial score (nSPS) is 10.0. The molecule has 0 atom stereocenters. The number of hydrogen-bond acceptors (Lipinski definition) is 5. The molecule has 0 aliphatic carbocycles. The van der Waals surface area contributed by atoms with Gasteiger partial charge in [0.05, 0.1) is 32.7 Å². The third-order valence-corrected chi connectivity index (χ3v) is 3.04. The molecule has 23 heavy (non-hydrogen) atoms. The first-order chi connectivity index (χ1) is 11.1. The second kappa shape index (κ2) is 7.88. The second-order valence-corrected chi connectivity index (χ2v) is 4.65. The number of furan rings is 1. The summed E-state index contributed by atoms with van der Waals surface area (Å²) in [5.41, 5.74) is 0.470. The number of hydrogen-bond donors (Lipinski definition) is 2. The summed E-state index contributed by atoms with van der Waals surface area (Å²) in [4.78, 5) is 23.7. The lowest BCUT2D eigenvalue weighted by Crippen LogP contribution is -2.27. The topological polar surface area (TPSA) is 89.8 Å². The van der Waals surface area contributed by atoms with Gasteiger partial charge in [-0.1, -0.05) is 0 Å². The van der Waals surface area contributed by atoms with Crippen molar-refractivity contribution in [3.63, 3.8) is 0 Å². The van der Waals surface area contributed by atoms with Crippen LogP contribution in [0.5, 0.6) is 11.5 Å². The van der Waals surface area contributed by atoms with Crippen molar-refractivity contribution < 1.29 is 23.5 Å². The van der Waals surface area contributed by atoms with Gasteiger partial charge in [0.1, 0.15) is 23.7 Å². The lowest BCUT2D eigenvalue weighted by atomic mass is 10.2. The molecule has 2 aromatic rings. The molecule has 7 heteroatoms. The molecule has 0 bridgehead atoms. The van der Waals surface area contributed by atoms with Crippen molar-refractivity contribution in [2.24, 2.45) is 0 Å². The van der Waals surface area contributed by atoms with E-state index in [4.69, 9.17) is 13.9 Å². The molecule has 0 aliphatic heterocycles. The van der Waals surface area contributed by atoms with Crippen LogP contribution in [0.25, 0.3) is 0 Å². The summed E-state index contributed by atoms with van der Waals surface area (Å²) in [6, 6.07) is 8.45. The molecule has 0 fully saturated rings. The molecule has 0 saturated heterocycles. The number of amides is 2. The fourth-order valence-electron chi connectivity index (χ4n) is 1.90. The van der Waals surface area contributed by atoms with Gasteiger partial charge < -0.3 is 24.5 Å². The third-order valence-electron chi connectivity index (χ3n) is 3.04. The summed E-state index contributed by atoms with van der Waals surface area (Å²) in [7, 11) is 3.02. The number of benzene rings is 1. The second-order valence-electron chi connectivity index (χ2n) is 4.65. The van der Waals surface area contributed by atoms with Crippen LogP contribution in [-0.4, -0.2) is 26.0 Å². The first-order valence-corrected chi connectivity index (χ1v) is 6.93. The van der Waals surface area contributed by atoms with E-state index < -0.39 is 11.8 Å². The maximum absolute atomic E-state index is 11.9. The van der Waals surface area contributed by atoms with Crippen LogP contribution in [0.4, 0.5) is 5.69 Å². The molecule has 0 spiro atoms. The predicted molar refractivity (Wildman–Crippen MR) is 83.3 cm³/mol. The van der Waals surface area contributed by atoms with E-state index in [2.05, 4.69) is 10.6 Å². The minimum Gasteiger partial charge on any atom is -0.497 e. The van der Waals surface area contributed by atoms with Gasteiger partial charge in [-0.3, -0.25) is 9.59 Å². The Hall–Kier alpha value is -2.96. The number of ether oxygens (including phenoxy) is 2. The predicted octanol–water partition coefficient (Wildman–Crippen LogP) is 1.94. The minimum absolute atomic E-state index is 0.241. The zero-order chi connectivity index (χ0) is 16.7. The molecule has 2 rings (SSSR count). The molecule has 0 unspecified atom stereocenters. The highest BCUT2D eigenvalue weighted by atomic mass is 16.5. The number of rotatable bonds is 7. The van der Waals surface area contributed by atoms with E-state index in [-0.39, 0.29) is 13.0 Å². The molecule has 2 N–H and O–H groups in total. The SMILES string of the molecule is COc1ccc(NC(=O)CC(=O)NCc2ccco2)c(OC)c1. The van der Waals surface area contributed by atoms with Gasteiger partial charge in [-0.25, -0.2) is 0 Å². The summed E-state index contributed by atoms with van der Waals surface area (Å²) < 4.78 is 15.4. The first kappa shape index (κ1) is 16.4. The Balaban J connectivity index is 1.87. The number of methoxy groups -OCH3 is 2. The molecular formula is C16H18N2O5. The zero-order valence-electron chi connectivity index (χ0n) is 12.9. The fraction of sp³-hybridized carbons (Fsp3) is 0.250. The Morgan fingerprint density at radius 3 is 2.61 bits per heavy atom. The Morgan fingerprint density at radius 1 is 1.13 bits per heavy atom. The highest BCUT2D eigenvalue weighted by Crippen LogP contribution is 2.29. The van der Waals surface area contributed by atoms with Crippen LogP contribution in [0, 0.1) is 0 Å². The van der Waals surface area contributed by atoms with Crippen LogP contribution in [0.3, 0.4) is 0 Å². The van der Waals surface area contributed by atoms with E-state index in [0.717, 1.165) is 0 Å². The Labute approximate surface area is 133 Å². The Bertz CT molecular complexity index is 667. The Morgan fingerprint density at radius 2 is 1.96 bits per heavy atom. The van der Waals surface area contributed by atoms with Gasteiger partial charge in [0.25, 0.3) is 0 Å². The van der Waals surface area contributed by atoms with E-state index in [9.17, 15) is 9.59 Å². The largest absolute Gasteiger partial charge is 0.497 e. The van der Waals surface area contributed by atoms with Crippen molar-refractivity contribution in [2.75, 3.05) is 19.5 Å². The number of nitrogens with one attached hydrogen (secondary N) is 2. The monoisotopic (exact) mass is 318 g/mol. The van der Waals surface area contributed by atoms with Crippen molar-refractivity contribution in [1.29, 1.82) is 0 Å². The van der Waals surface area contributed by atoms with Gasteiger partial charge >= 0.3 is 0 Å². The standard InChI is InChI=1S/C16H18N2O5/c1-21-11-5-6-13(14(8-11)22-2)18-16(20)9-15(19)17-10-12-4-3-7-23-12/h3-8H,9-10H2,1-2H3,(H,17,19)(H,18,20). The van der Waals surface area contributed by atoms with Crippen LogP contribution in [-0.2, 0) is 16.1 Å². The molecule has 2 amide bonds. The van der Waals surface area contributed by atoms with E-state index in [1.807, 2.05) is 0 Å². The van der Waals surface area contributed by atoms with Crippen molar-refractivity contribution in [3.05, 3.63) is 42.4 Å². The van der Waals surface area contributed by atoms with E-state index in [0.29, 0.717) is 22.9 Å². The highest BCUT2D eigenvalue weighted by molar-refractivity contribution is 6.04. The number of carbonyl (C=O) groups excluding carboxylic acids is 2. The molecule has 7 nitrogen and oxygen atoms in total. The molecule has 1 heterocycles. The maximum atomic E-state index is 11.9. The van der Waals surface area contributed by atoms with E-state index >= 15 is 0 Å². The van der Waals surface area contributed by atoms with Crippen LogP contribution < -0.4 is 20.1 Å². The van der Waals surface area contributed by atoms with Gasteiger partial charge in [-0.05, 0) is 24.3 Å². The van der Waals surface area contributed by atoms with Crippen LogP contribution in [0.2, 0.25) is 0 Å². The highest BCUT2D eigenvalue weighted by Gasteiger charge is 2.13. The van der Waals surface area contributed by atoms with Gasteiger partial charge in [0.15, 0.2) is 0 Å². The summed E-state index contributed by atoms with van der Waals surface area (Å²) in [5, 5.41) is 5.24. The first-order valence-electron chi connectivity index (χ1n) is 6.93. The maximum Gasteiger partial charge on any atom is 0.233 e. The average molecular weight is 318 g/mol. The lowest BCUT2D eigenvalue weighted by Gasteiger charge is -2.11. The fourth-order valence-corrected chi connectivity index (χ4v) is 1.90. The van der Waals surface area contributed by atoms with Gasteiger partial charge in [0, 0.05) is 6.07 Å². The molecule has 1 aromatic heterocycles. The summed E-state index contributed by atoms with van der Waals surface area (Å²) in [6.45, 7) is 0.241. The van der Waals surface area contributed by atoms with Gasteiger partial charge in [-0.2, -0.15) is 0 Å². The van der Waals surface area contributed by atoms with Crippen molar-refractivity contribution in [2.45, 2.75) is 13.0 Å². The minimum atomic E-state index is -0.439. The zero-order valence-corrected chi connectivity index (χ0v) is 12.9. The van der Waals surface area contributed by atoms with Crippen LogP contribution >= 0.6 is 0 Å². The summed E-state index contributed by atoms with van der Waals surface area (Å²) >= 11 is 0. The van der Waals surface area contributed by atoms with Gasteiger partial charge in [-0.15, -0.1) is 0 Å². The molecule has 1 aromatic carbocycles. The van der Waals surface area contributed by atoms with Gasteiger partial charge in [0.2, 0.25) is 11.8 Å². The molecule has 0 radical (unpaired) electrons. The smallest absolute Gasteiger partial charge is 0.233 e. The number of anilines is 1. The van der Waals surface area contributed by atoms with Crippen LogP contribution in [0.15, 0.2) is 41.0 Å². The third kappa shape index (κ3) is 4.77. The summed E-state index contributed by atoms with van der Waals surface area (Å²) in [6.07, 6.45) is 1.22. The van der Waals surface area contributed by atoms with Crippen molar-refractivity contribution in [1.82, 2.24) is 5.32 Å². The summed E-state index contributed by atoms with van der Waals surface area (Å²) in [5.74, 6) is 0.845. The van der Waals surface area contributed by atoms with Crippen molar-refractivity contribution >= 4 is 17.5 Å². The Kier molecular flexibility index (Phi) is 5.62. The molecule has 0 saturated carbocycles. The average Bonchev–Trinajstić information content (AvgIpc) is 3.06. The van der Waals surface area contributed by atoms with Crippen molar-refractivity contribution in [3.8, 4) is 11.5 Å².